The van der Waals surface area contributed by atoms with Crippen LogP contribution in [0.4, 0.5) is 10.1 Å². The number of rotatable bonds is 6. The van der Waals surface area contributed by atoms with Gasteiger partial charge in [0.15, 0.2) is 11.5 Å². The lowest BCUT2D eigenvalue weighted by molar-refractivity contribution is -0.130. The standard InChI is InChI=1S/C21H25FN2O3S/c1-15(28-18-8-9-19(26-2)20(14-18)27-3)21(25)24-12-10-23(11-13-24)17-6-4-16(22)5-7-17/h4-9,14-15H,10-13H2,1-3H3. The van der Waals surface area contributed by atoms with Gasteiger partial charge in [0, 0.05) is 36.8 Å². The molecule has 0 aromatic heterocycles. The van der Waals surface area contributed by atoms with E-state index in [-0.39, 0.29) is 17.0 Å². The van der Waals surface area contributed by atoms with Crippen molar-refractivity contribution in [1.29, 1.82) is 0 Å². The molecule has 0 bridgehead atoms. The molecule has 1 aliphatic heterocycles. The van der Waals surface area contributed by atoms with Crippen molar-refractivity contribution in [2.45, 2.75) is 17.1 Å². The lowest BCUT2D eigenvalue weighted by atomic mass is 10.2. The fourth-order valence-corrected chi connectivity index (χ4v) is 4.22. The quantitative estimate of drug-likeness (QED) is 0.687. The lowest BCUT2D eigenvalue weighted by Crippen LogP contribution is -2.50. The van der Waals surface area contributed by atoms with E-state index in [2.05, 4.69) is 4.90 Å². The second-order valence-electron chi connectivity index (χ2n) is 6.57. The molecule has 0 N–H and O–H groups in total. The number of methoxy groups -OCH3 is 2. The van der Waals surface area contributed by atoms with Crippen molar-refractivity contribution in [2.75, 3.05) is 45.3 Å². The third-order valence-corrected chi connectivity index (χ3v) is 5.88. The Hall–Kier alpha value is -2.41. The first-order chi connectivity index (χ1) is 13.5. The summed E-state index contributed by atoms with van der Waals surface area (Å²) in [7, 11) is 3.20. The Morgan fingerprint density at radius 3 is 2.25 bits per heavy atom. The van der Waals surface area contributed by atoms with Crippen molar-refractivity contribution in [1.82, 2.24) is 4.90 Å². The van der Waals surface area contributed by atoms with E-state index >= 15 is 0 Å². The van der Waals surface area contributed by atoms with Gasteiger partial charge in [0.2, 0.25) is 5.91 Å². The summed E-state index contributed by atoms with van der Waals surface area (Å²) in [5.74, 6) is 1.21. The summed E-state index contributed by atoms with van der Waals surface area (Å²) in [6.07, 6.45) is 0. The van der Waals surface area contributed by atoms with Gasteiger partial charge in [-0.2, -0.15) is 0 Å². The van der Waals surface area contributed by atoms with Crippen LogP contribution in [-0.4, -0.2) is 56.5 Å². The molecule has 0 spiro atoms. The Balaban J connectivity index is 1.56. The number of carbonyl (C=O) groups excluding carboxylic acids is 1. The summed E-state index contributed by atoms with van der Waals surface area (Å²) < 4.78 is 23.7. The zero-order valence-corrected chi connectivity index (χ0v) is 17.2. The topological polar surface area (TPSA) is 42.0 Å². The van der Waals surface area contributed by atoms with Crippen LogP contribution in [0, 0.1) is 5.82 Å². The van der Waals surface area contributed by atoms with E-state index in [1.165, 1.54) is 23.9 Å². The number of hydrogen-bond donors (Lipinski definition) is 0. The normalized spacial score (nSPS) is 15.3. The van der Waals surface area contributed by atoms with Crippen LogP contribution in [-0.2, 0) is 4.79 Å². The molecule has 1 amide bonds. The number of anilines is 1. The molecule has 3 rings (SSSR count). The fraction of sp³-hybridized carbons (Fsp3) is 0.381. The maximum absolute atomic E-state index is 13.1. The molecular weight excluding hydrogens is 379 g/mol. The number of piperazine rings is 1. The summed E-state index contributed by atoms with van der Waals surface area (Å²) >= 11 is 1.51. The Labute approximate surface area is 169 Å². The van der Waals surface area contributed by atoms with Crippen molar-refractivity contribution in [3.8, 4) is 11.5 Å². The van der Waals surface area contributed by atoms with Gasteiger partial charge in [0.1, 0.15) is 5.82 Å². The molecular formula is C21H25FN2O3S. The van der Waals surface area contributed by atoms with Gasteiger partial charge >= 0.3 is 0 Å². The summed E-state index contributed by atoms with van der Waals surface area (Å²) in [4.78, 5) is 17.9. The molecule has 2 aromatic carbocycles. The van der Waals surface area contributed by atoms with Crippen LogP contribution in [0.25, 0.3) is 0 Å². The van der Waals surface area contributed by atoms with Gasteiger partial charge in [0.25, 0.3) is 0 Å². The van der Waals surface area contributed by atoms with E-state index in [1.54, 1.807) is 26.4 Å². The Morgan fingerprint density at radius 2 is 1.64 bits per heavy atom. The highest BCUT2D eigenvalue weighted by Crippen LogP contribution is 2.34. The monoisotopic (exact) mass is 404 g/mol. The van der Waals surface area contributed by atoms with E-state index < -0.39 is 0 Å². The first-order valence-electron chi connectivity index (χ1n) is 9.20. The van der Waals surface area contributed by atoms with Crippen LogP contribution in [0.1, 0.15) is 6.92 Å². The number of hydrogen-bond acceptors (Lipinski definition) is 5. The SMILES string of the molecule is COc1ccc(SC(C)C(=O)N2CCN(c3ccc(F)cc3)CC2)cc1OC. The first kappa shape index (κ1) is 20.3. The van der Waals surface area contributed by atoms with Crippen LogP contribution >= 0.6 is 11.8 Å². The van der Waals surface area contributed by atoms with Gasteiger partial charge in [-0.1, -0.05) is 0 Å². The van der Waals surface area contributed by atoms with E-state index in [0.717, 1.165) is 23.7 Å². The number of ether oxygens (including phenoxy) is 2. The maximum atomic E-state index is 13.1. The predicted molar refractivity (Wildman–Crippen MR) is 110 cm³/mol. The second kappa shape index (κ2) is 9.19. The number of carbonyl (C=O) groups is 1. The van der Waals surface area contributed by atoms with Gasteiger partial charge in [-0.05, 0) is 49.4 Å². The van der Waals surface area contributed by atoms with E-state index in [1.807, 2.05) is 30.0 Å². The highest BCUT2D eigenvalue weighted by molar-refractivity contribution is 8.00. The molecule has 1 atom stereocenters. The van der Waals surface area contributed by atoms with E-state index in [9.17, 15) is 9.18 Å². The number of benzene rings is 2. The predicted octanol–water partition coefficient (Wildman–Crippen LogP) is 3.67. The lowest BCUT2D eigenvalue weighted by Gasteiger charge is -2.37. The van der Waals surface area contributed by atoms with Crippen molar-refractivity contribution in [3.63, 3.8) is 0 Å². The highest BCUT2D eigenvalue weighted by Gasteiger charge is 2.26. The molecule has 1 saturated heterocycles. The highest BCUT2D eigenvalue weighted by atomic mass is 32.2. The number of thioether (sulfide) groups is 1. The molecule has 1 heterocycles. The molecule has 1 aliphatic rings. The summed E-state index contributed by atoms with van der Waals surface area (Å²) in [5.41, 5.74) is 0.987. The van der Waals surface area contributed by atoms with E-state index in [0.29, 0.717) is 24.6 Å². The number of nitrogens with zero attached hydrogens (tertiary/aromatic N) is 2. The van der Waals surface area contributed by atoms with Crippen LogP contribution in [0.5, 0.6) is 11.5 Å². The van der Waals surface area contributed by atoms with Crippen LogP contribution in [0.2, 0.25) is 0 Å². The molecule has 0 saturated carbocycles. The van der Waals surface area contributed by atoms with Gasteiger partial charge in [0.05, 0.1) is 19.5 Å². The molecule has 2 aromatic rings. The van der Waals surface area contributed by atoms with Crippen molar-refractivity contribution < 1.29 is 18.7 Å². The zero-order valence-electron chi connectivity index (χ0n) is 16.4. The minimum atomic E-state index is -0.237. The van der Waals surface area contributed by atoms with Crippen LogP contribution in [0.15, 0.2) is 47.4 Å². The Morgan fingerprint density at radius 1 is 1.00 bits per heavy atom. The largest absolute Gasteiger partial charge is 0.493 e. The third-order valence-electron chi connectivity index (χ3n) is 4.80. The van der Waals surface area contributed by atoms with Gasteiger partial charge < -0.3 is 19.3 Å². The van der Waals surface area contributed by atoms with E-state index in [4.69, 9.17) is 9.47 Å². The van der Waals surface area contributed by atoms with Gasteiger partial charge in [-0.15, -0.1) is 11.8 Å². The zero-order chi connectivity index (χ0) is 20.1. The van der Waals surface area contributed by atoms with Crippen molar-refractivity contribution >= 4 is 23.4 Å². The van der Waals surface area contributed by atoms with Crippen molar-refractivity contribution in [3.05, 3.63) is 48.3 Å². The van der Waals surface area contributed by atoms with Crippen LogP contribution < -0.4 is 14.4 Å². The molecule has 150 valence electrons. The molecule has 1 fully saturated rings. The van der Waals surface area contributed by atoms with Crippen LogP contribution in [0.3, 0.4) is 0 Å². The average Bonchev–Trinajstić information content (AvgIpc) is 2.73. The molecule has 0 radical (unpaired) electrons. The minimum Gasteiger partial charge on any atom is -0.493 e. The first-order valence-corrected chi connectivity index (χ1v) is 10.1. The Bertz CT molecular complexity index is 808. The van der Waals surface area contributed by atoms with Crippen molar-refractivity contribution in [2.24, 2.45) is 0 Å². The summed E-state index contributed by atoms with van der Waals surface area (Å²) in [6.45, 7) is 4.73. The van der Waals surface area contributed by atoms with Gasteiger partial charge in [-0.3, -0.25) is 4.79 Å². The number of amides is 1. The average molecular weight is 405 g/mol. The molecule has 0 aliphatic carbocycles. The maximum Gasteiger partial charge on any atom is 0.235 e. The smallest absolute Gasteiger partial charge is 0.235 e. The number of halogens is 1. The molecule has 5 nitrogen and oxygen atoms in total. The molecule has 1 unspecified atom stereocenters. The molecule has 28 heavy (non-hydrogen) atoms. The third kappa shape index (κ3) is 4.70. The second-order valence-corrected chi connectivity index (χ2v) is 7.98. The fourth-order valence-electron chi connectivity index (χ4n) is 3.24. The van der Waals surface area contributed by atoms with Gasteiger partial charge in [-0.25, -0.2) is 4.39 Å². The Kier molecular flexibility index (Phi) is 6.67. The summed E-state index contributed by atoms with van der Waals surface area (Å²) in [5, 5.41) is -0.199. The molecule has 7 heteroatoms. The summed E-state index contributed by atoms with van der Waals surface area (Å²) in [6, 6.07) is 12.2. The minimum absolute atomic E-state index is 0.124.